The normalized spacial score (nSPS) is 10.6. The highest BCUT2D eigenvalue weighted by Gasteiger charge is 2.00. The second kappa shape index (κ2) is 5.50. The molecular formula is C13H15IN2. The summed E-state index contributed by atoms with van der Waals surface area (Å²) in [6.45, 7) is 1.86. The average molecular weight is 326 g/mol. The molecule has 0 saturated heterocycles. The number of halogens is 1. The number of benzene rings is 1. The Morgan fingerprint density at radius 3 is 2.62 bits per heavy atom. The zero-order valence-electron chi connectivity index (χ0n) is 9.28. The summed E-state index contributed by atoms with van der Waals surface area (Å²) in [5, 5.41) is 3.18. The zero-order valence-corrected chi connectivity index (χ0v) is 11.4. The molecule has 2 aromatic rings. The highest BCUT2D eigenvalue weighted by molar-refractivity contribution is 14.1. The number of nitrogens with zero attached hydrogens (tertiary/aromatic N) is 1. The Bertz CT molecular complexity index is 445. The Balaban J connectivity index is 2.13. The molecule has 0 atom stereocenters. The number of nitrogens with one attached hydrogen (secondary N) is 1. The molecule has 3 heteroatoms. The quantitative estimate of drug-likeness (QED) is 0.855. The van der Waals surface area contributed by atoms with E-state index in [4.69, 9.17) is 0 Å². The van der Waals surface area contributed by atoms with E-state index >= 15 is 0 Å². The summed E-state index contributed by atoms with van der Waals surface area (Å²) < 4.78 is 3.56. The maximum absolute atomic E-state index is 3.18. The molecule has 0 aliphatic carbocycles. The van der Waals surface area contributed by atoms with Gasteiger partial charge in [-0.3, -0.25) is 0 Å². The molecule has 0 amide bonds. The van der Waals surface area contributed by atoms with E-state index in [0.717, 1.165) is 13.1 Å². The van der Waals surface area contributed by atoms with E-state index in [1.54, 1.807) is 0 Å². The van der Waals surface area contributed by atoms with Crippen molar-refractivity contribution in [1.82, 2.24) is 9.88 Å². The molecule has 0 radical (unpaired) electrons. The molecule has 0 aliphatic heterocycles. The van der Waals surface area contributed by atoms with E-state index in [1.165, 1.54) is 14.8 Å². The van der Waals surface area contributed by atoms with Crippen LogP contribution in [0.1, 0.15) is 11.3 Å². The van der Waals surface area contributed by atoms with Gasteiger partial charge in [0.1, 0.15) is 0 Å². The van der Waals surface area contributed by atoms with Gasteiger partial charge < -0.3 is 9.88 Å². The van der Waals surface area contributed by atoms with Crippen LogP contribution in [0.4, 0.5) is 0 Å². The van der Waals surface area contributed by atoms with Crippen molar-refractivity contribution in [2.75, 3.05) is 7.05 Å². The Labute approximate surface area is 110 Å². The largest absolute Gasteiger partial charge is 0.346 e. The van der Waals surface area contributed by atoms with Gasteiger partial charge in [0, 0.05) is 28.6 Å². The van der Waals surface area contributed by atoms with Crippen LogP contribution >= 0.6 is 22.6 Å². The summed E-state index contributed by atoms with van der Waals surface area (Å²) in [7, 11) is 1.97. The maximum Gasteiger partial charge on any atom is 0.0473 e. The van der Waals surface area contributed by atoms with Crippen LogP contribution in [0.15, 0.2) is 42.6 Å². The number of aromatic nitrogens is 1. The minimum Gasteiger partial charge on any atom is -0.346 e. The number of hydrogen-bond acceptors (Lipinski definition) is 1. The fourth-order valence-electron chi connectivity index (χ4n) is 1.73. The summed E-state index contributed by atoms with van der Waals surface area (Å²) >= 11 is 2.33. The van der Waals surface area contributed by atoms with Crippen molar-refractivity contribution in [3.63, 3.8) is 0 Å². The van der Waals surface area contributed by atoms with Gasteiger partial charge in [0.2, 0.25) is 0 Å². The van der Waals surface area contributed by atoms with E-state index in [0.29, 0.717) is 0 Å². The molecule has 1 N–H and O–H groups in total. The fourth-order valence-corrected chi connectivity index (χ4v) is 2.09. The van der Waals surface area contributed by atoms with Gasteiger partial charge in [0.15, 0.2) is 0 Å². The molecule has 2 nitrogen and oxygen atoms in total. The summed E-state index contributed by atoms with van der Waals surface area (Å²) in [5.74, 6) is 0. The van der Waals surface area contributed by atoms with Crippen LogP contribution < -0.4 is 5.32 Å². The Hall–Kier alpha value is -0.810. The molecule has 0 fully saturated rings. The Morgan fingerprint density at radius 2 is 1.94 bits per heavy atom. The highest BCUT2D eigenvalue weighted by Crippen LogP contribution is 2.10. The lowest BCUT2D eigenvalue weighted by molar-refractivity contribution is 0.694. The van der Waals surface area contributed by atoms with E-state index < -0.39 is 0 Å². The van der Waals surface area contributed by atoms with Crippen molar-refractivity contribution in [2.24, 2.45) is 0 Å². The topological polar surface area (TPSA) is 17.0 Å². The first-order valence-electron chi connectivity index (χ1n) is 5.32. The maximum atomic E-state index is 3.18. The van der Waals surface area contributed by atoms with Crippen LogP contribution in [0, 0.1) is 3.57 Å². The van der Waals surface area contributed by atoms with Crippen LogP contribution in [-0.2, 0) is 13.1 Å². The molecule has 16 heavy (non-hydrogen) atoms. The molecule has 1 aromatic heterocycles. The summed E-state index contributed by atoms with van der Waals surface area (Å²) in [4.78, 5) is 0. The SMILES string of the molecule is CNCc1cccn1Cc1ccc(I)cc1. The minimum absolute atomic E-state index is 0.914. The molecule has 0 unspecified atom stereocenters. The third-order valence-corrected chi connectivity index (χ3v) is 3.27. The molecule has 0 saturated carbocycles. The fraction of sp³-hybridized carbons (Fsp3) is 0.231. The van der Waals surface area contributed by atoms with Gasteiger partial charge in [0.05, 0.1) is 0 Å². The average Bonchev–Trinajstić information content (AvgIpc) is 2.70. The first-order valence-corrected chi connectivity index (χ1v) is 6.40. The zero-order chi connectivity index (χ0) is 11.4. The molecular weight excluding hydrogens is 311 g/mol. The number of hydrogen-bond donors (Lipinski definition) is 1. The predicted octanol–water partition coefficient (Wildman–Crippen LogP) is 2.86. The molecule has 1 aromatic carbocycles. The lowest BCUT2D eigenvalue weighted by atomic mass is 10.2. The lowest BCUT2D eigenvalue weighted by Crippen LogP contribution is -2.11. The molecule has 84 valence electrons. The molecule has 0 aliphatic rings. The second-order valence-electron chi connectivity index (χ2n) is 3.78. The summed E-state index contributed by atoms with van der Waals surface area (Å²) in [6, 6.07) is 12.9. The first kappa shape index (κ1) is 11.7. The van der Waals surface area contributed by atoms with Gasteiger partial charge in [-0.15, -0.1) is 0 Å². The van der Waals surface area contributed by atoms with Gasteiger partial charge in [-0.2, -0.15) is 0 Å². The first-order chi connectivity index (χ1) is 7.79. The smallest absolute Gasteiger partial charge is 0.0473 e. The predicted molar refractivity (Wildman–Crippen MR) is 75.5 cm³/mol. The third kappa shape index (κ3) is 2.86. The van der Waals surface area contributed by atoms with Crippen LogP contribution in [0.5, 0.6) is 0 Å². The van der Waals surface area contributed by atoms with Crippen LogP contribution in [-0.4, -0.2) is 11.6 Å². The molecule has 0 bridgehead atoms. The summed E-state index contributed by atoms with van der Waals surface area (Å²) in [6.07, 6.45) is 2.13. The van der Waals surface area contributed by atoms with Crippen LogP contribution in [0.2, 0.25) is 0 Å². The van der Waals surface area contributed by atoms with E-state index in [1.807, 2.05) is 7.05 Å². The van der Waals surface area contributed by atoms with Gasteiger partial charge in [0.25, 0.3) is 0 Å². The van der Waals surface area contributed by atoms with E-state index in [2.05, 4.69) is 75.1 Å². The third-order valence-electron chi connectivity index (χ3n) is 2.55. The van der Waals surface area contributed by atoms with Crippen molar-refractivity contribution in [3.05, 3.63) is 57.4 Å². The Kier molecular flexibility index (Phi) is 4.01. The van der Waals surface area contributed by atoms with Gasteiger partial charge in [-0.05, 0) is 59.5 Å². The van der Waals surface area contributed by atoms with Crippen molar-refractivity contribution < 1.29 is 0 Å². The monoisotopic (exact) mass is 326 g/mol. The lowest BCUT2D eigenvalue weighted by Gasteiger charge is -2.09. The van der Waals surface area contributed by atoms with Crippen molar-refractivity contribution in [3.8, 4) is 0 Å². The van der Waals surface area contributed by atoms with Crippen LogP contribution in [0.25, 0.3) is 0 Å². The Morgan fingerprint density at radius 1 is 1.19 bits per heavy atom. The van der Waals surface area contributed by atoms with Crippen LogP contribution in [0.3, 0.4) is 0 Å². The minimum atomic E-state index is 0.914. The van der Waals surface area contributed by atoms with Crippen molar-refractivity contribution in [1.29, 1.82) is 0 Å². The van der Waals surface area contributed by atoms with Crippen molar-refractivity contribution in [2.45, 2.75) is 13.1 Å². The van der Waals surface area contributed by atoms with E-state index in [9.17, 15) is 0 Å². The molecule has 1 heterocycles. The van der Waals surface area contributed by atoms with E-state index in [-0.39, 0.29) is 0 Å². The van der Waals surface area contributed by atoms with Gasteiger partial charge in [-0.25, -0.2) is 0 Å². The highest BCUT2D eigenvalue weighted by atomic mass is 127. The van der Waals surface area contributed by atoms with Crippen molar-refractivity contribution >= 4 is 22.6 Å². The van der Waals surface area contributed by atoms with Gasteiger partial charge >= 0.3 is 0 Å². The summed E-state index contributed by atoms with van der Waals surface area (Å²) in [5.41, 5.74) is 2.66. The molecule has 2 rings (SSSR count). The number of rotatable bonds is 4. The second-order valence-corrected chi connectivity index (χ2v) is 5.03. The molecule has 0 spiro atoms. The standard InChI is InChI=1S/C13H15IN2/c1-15-9-13-3-2-8-16(13)10-11-4-6-12(14)7-5-11/h2-8,15H,9-10H2,1H3. The van der Waals surface area contributed by atoms with Gasteiger partial charge in [-0.1, -0.05) is 12.1 Å².